The van der Waals surface area contributed by atoms with Gasteiger partial charge in [0.05, 0.1) is 10.3 Å². The number of nitrogen functional groups attached to an aromatic ring is 1. The van der Waals surface area contributed by atoms with E-state index in [4.69, 9.17) is 5.73 Å². The highest BCUT2D eigenvalue weighted by Gasteiger charge is 2.37. The molecule has 1 aromatic carbocycles. The summed E-state index contributed by atoms with van der Waals surface area (Å²) in [5, 5.41) is 3.83. The molecule has 1 aromatic heterocycles. The molecule has 0 unspecified atom stereocenters. The molecule has 0 saturated heterocycles. The minimum absolute atomic E-state index is 0.261. The second-order valence-electron chi connectivity index (χ2n) is 5.47. The first-order valence-electron chi connectivity index (χ1n) is 7.28. The second-order valence-corrected chi connectivity index (χ2v) is 7.88. The van der Waals surface area contributed by atoms with Gasteiger partial charge in [-0.3, -0.25) is 0 Å². The van der Waals surface area contributed by atoms with Crippen LogP contribution in [-0.4, -0.2) is 35.9 Å². The Morgan fingerprint density at radius 3 is 2.41 bits per heavy atom. The van der Waals surface area contributed by atoms with E-state index >= 15 is 0 Å². The number of rotatable bonds is 6. The Labute approximate surface area is 131 Å². The number of para-hydroxylation sites is 1. The third-order valence-electron chi connectivity index (χ3n) is 4.28. The van der Waals surface area contributed by atoms with Crippen molar-refractivity contribution in [2.45, 2.75) is 31.4 Å². The number of anilines is 2. The fraction of sp³-hybridized carbons (Fsp3) is 0.467. The quantitative estimate of drug-likeness (QED) is 0.846. The number of hydrogen-bond acceptors (Lipinski definition) is 6. The van der Waals surface area contributed by atoms with E-state index in [0.29, 0.717) is 24.6 Å². The molecule has 6 nitrogen and oxygen atoms in total. The molecular formula is C15H22N4O2S. The fourth-order valence-electron chi connectivity index (χ4n) is 2.58. The molecule has 3 N–H and O–H groups in total. The molecular weight excluding hydrogens is 300 g/mol. The Morgan fingerprint density at radius 2 is 1.82 bits per heavy atom. The third-order valence-corrected chi connectivity index (χ3v) is 6.57. The number of benzene rings is 1. The SMILES string of the molecule is CCC(CC)(CNc1nc(N)c2ccccc2n1)S(C)(=O)=O. The number of sulfone groups is 1. The first-order chi connectivity index (χ1) is 10.3. The Morgan fingerprint density at radius 1 is 1.18 bits per heavy atom. The number of nitrogens with one attached hydrogen (secondary N) is 1. The molecule has 0 radical (unpaired) electrons. The molecule has 0 saturated carbocycles. The van der Waals surface area contributed by atoms with Crippen molar-refractivity contribution in [2.75, 3.05) is 23.9 Å². The lowest BCUT2D eigenvalue weighted by Gasteiger charge is -2.29. The minimum Gasteiger partial charge on any atom is -0.383 e. The molecule has 120 valence electrons. The van der Waals surface area contributed by atoms with Gasteiger partial charge in [-0.05, 0) is 25.0 Å². The summed E-state index contributed by atoms with van der Waals surface area (Å²) in [7, 11) is -3.20. The largest absolute Gasteiger partial charge is 0.383 e. The topological polar surface area (TPSA) is 98.0 Å². The molecule has 0 aliphatic heterocycles. The van der Waals surface area contributed by atoms with Crippen LogP contribution in [0.3, 0.4) is 0 Å². The summed E-state index contributed by atoms with van der Waals surface area (Å²) in [6.07, 6.45) is 2.33. The number of nitrogens with two attached hydrogens (primary N) is 1. The molecule has 0 spiro atoms. The fourth-order valence-corrected chi connectivity index (χ4v) is 3.96. The average Bonchev–Trinajstić information content (AvgIpc) is 2.47. The first-order valence-corrected chi connectivity index (χ1v) is 9.18. The van der Waals surface area contributed by atoms with E-state index in [9.17, 15) is 8.42 Å². The predicted molar refractivity (Wildman–Crippen MR) is 90.6 cm³/mol. The van der Waals surface area contributed by atoms with Crippen LogP contribution >= 0.6 is 0 Å². The number of fused-ring (bicyclic) bond motifs is 1. The number of nitrogens with zero attached hydrogens (tertiary/aromatic N) is 2. The van der Waals surface area contributed by atoms with Gasteiger partial charge in [0.2, 0.25) is 5.95 Å². The molecule has 2 rings (SSSR count). The minimum atomic E-state index is -3.20. The number of aromatic nitrogens is 2. The van der Waals surface area contributed by atoms with Crippen LogP contribution in [-0.2, 0) is 9.84 Å². The first kappa shape index (κ1) is 16.5. The highest BCUT2D eigenvalue weighted by molar-refractivity contribution is 7.92. The highest BCUT2D eigenvalue weighted by atomic mass is 32.2. The van der Waals surface area contributed by atoms with E-state index in [1.54, 1.807) is 0 Å². The van der Waals surface area contributed by atoms with Gasteiger partial charge in [-0.25, -0.2) is 13.4 Å². The van der Waals surface area contributed by atoms with Crippen LogP contribution in [0.4, 0.5) is 11.8 Å². The van der Waals surface area contributed by atoms with Crippen LogP contribution in [0, 0.1) is 0 Å². The van der Waals surface area contributed by atoms with Crippen molar-refractivity contribution in [3.8, 4) is 0 Å². The van der Waals surface area contributed by atoms with E-state index in [-0.39, 0.29) is 6.54 Å². The van der Waals surface area contributed by atoms with Gasteiger partial charge < -0.3 is 11.1 Å². The van der Waals surface area contributed by atoms with Gasteiger partial charge in [-0.2, -0.15) is 4.98 Å². The van der Waals surface area contributed by atoms with Gasteiger partial charge in [-0.1, -0.05) is 26.0 Å². The van der Waals surface area contributed by atoms with Crippen molar-refractivity contribution in [3.05, 3.63) is 24.3 Å². The zero-order valence-electron chi connectivity index (χ0n) is 13.1. The van der Waals surface area contributed by atoms with Crippen molar-refractivity contribution in [1.29, 1.82) is 0 Å². The van der Waals surface area contributed by atoms with E-state index in [2.05, 4.69) is 15.3 Å². The summed E-state index contributed by atoms with van der Waals surface area (Å²) in [5.74, 6) is 0.733. The molecule has 0 amide bonds. The van der Waals surface area contributed by atoms with Crippen LogP contribution in [0.15, 0.2) is 24.3 Å². The van der Waals surface area contributed by atoms with Crippen molar-refractivity contribution >= 4 is 32.5 Å². The van der Waals surface area contributed by atoms with Gasteiger partial charge in [0.1, 0.15) is 5.82 Å². The Kier molecular flexibility index (Phi) is 4.55. The van der Waals surface area contributed by atoms with Gasteiger partial charge >= 0.3 is 0 Å². The van der Waals surface area contributed by atoms with Crippen LogP contribution in [0.5, 0.6) is 0 Å². The molecule has 0 atom stereocenters. The molecule has 2 aromatic rings. The van der Waals surface area contributed by atoms with Crippen LogP contribution < -0.4 is 11.1 Å². The van der Waals surface area contributed by atoms with Crippen LogP contribution in [0.2, 0.25) is 0 Å². The van der Waals surface area contributed by atoms with E-state index in [1.807, 2.05) is 38.1 Å². The monoisotopic (exact) mass is 322 g/mol. The predicted octanol–water partition coefficient (Wildman–Crippen LogP) is 2.23. The maximum atomic E-state index is 12.1. The van der Waals surface area contributed by atoms with Crippen molar-refractivity contribution in [3.63, 3.8) is 0 Å². The van der Waals surface area contributed by atoms with E-state index < -0.39 is 14.6 Å². The summed E-state index contributed by atoms with van der Waals surface area (Å²) < 4.78 is 23.4. The standard InChI is InChI=1S/C15H22N4O2S/c1-4-15(5-2,22(3,20)21)10-17-14-18-12-9-7-6-8-11(12)13(16)19-14/h6-9H,4-5,10H2,1-3H3,(H3,16,17,18,19). The smallest absolute Gasteiger partial charge is 0.225 e. The molecule has 0 aliphatic rings. The van der Waals surface area contributed by atoms with Crippen LogP contribution in [0.1, 0.15) is 26.7 Å². The average molecular weight is 322 g/mol. The normalized spacial score (nSPS) is 12.5. The van der Waals surface area contributed by atoms with Gasteiger partial charge in [-0.15, -0.1) is 0 Å². The zero-order valence-corrected chi connectivity index (χ0v) is 13.9. The zero-order chi connectivity index (χ0) is 16.4. The van der Waals surface area contributed by atoms with Gasteiger partial charge in [0, 0.05) is 18.2 Å². The lowest BCUT2D eigenvalue weighted by atomic mass is 10.0. The summed E-state index contributed by atoms with van der Waals surface area (Å²) in [6, 6.07) is 7.45. The molecule has 0 fully saturated rings. The van der Waals surface area contributed by atoms with Crippen molar-refractivity contribution in [2.24, 2.45) is 0 Å². The van der Waals surface area contributed by atoms with Crippen molar-refractivity contribution in [1.82, 2.24) is 9.97 Å². The summed E-state index contributed by atoms with van der Waals surface area (Å²) >= 11 is 0. The van der Waals surface area contributed by atoms with Crippen LogP contribution in [0.25, 0.3) is 10.9 Å². The van der Waals surface area contributed by atoms with E-state index in [1.165, 1.54) is 6.26 Å². The molecule has 22 heavy (non-hydrogen) atoms. The summed E-state index contributed by atoms with van der Waals surface area (Å²) in [5.41, 5.74) is 6.67. The van der Waals surface area contributed by atoms with E-state index in [0.717, 1.165) is 10.9 Å². The number of hydrogen-bond donors (Lipinski definition) is 2. The maximum Gasteiger partial charge on any atom is 0.225 e. The van der Waals surface area contributed by atoms with Crippen molar-refractivity contribution < 1.29 is 8.42 Å². The lowest BCUT2D eigenvalue weighted by Crippen LogP contribution is -2.43. The maximum absolute atomic E-state index is 12.1. The summed E-state index contributed by atoms with van der Waals surface area (Å²) in [4.78, 5) is 8.61. The molecule has 7 heteroatoms. The second kappa shape index (κ2) is 6.08. The molecule has 1 heterocycles. The van der Waals surface area contributed by atoms with Gasteiger partial charge in [0.15, 0.2) is 9.84 Å². The lowest BCUT2D eigenvalue weighted by molar-refractivity contribution is 0.498. The Balaban J connectivity index is 2.31. The highest BCUT2D eigenvalue weighted by Crippen LogP contribution is 2.26. The molecule has 0 aliphatic carbocycles. The Bertz CT molecular complexity index is 770. The third kappa shape index (κ3) is 2.99. The Hall–Kier alpha value is -1.89. The molecule has 0 bridgehead atoms. The summed E-state index contributed by atoms with van der Waals surface area (Å²) in [6.45, 7) is 4.01. The van der Waals surface area contributed by atoms with Gasteiger partial charge in [0.25, 0.3) is 0 Å².